The number of hydrogen-bond donors (Lipinski definition) is 0. The van der Waals surface area contributed by atoms with Crippen molar-refractivity contribution < 1.29 is 32.0 Å². The summed E-state index contributed by atoms with van der Waals surface area (Å²) in [6.45, 7) is 7.53. The summed E-state index contributed by atoms with van der Waals surface area (Å²) in [6, 6.07) is 0. The Morgan fingerprint density at radius 2 is 1.30 bits per heavy atom. The van der Waals surface area contributed by atoms with Gasteiger partial charge in [0.1, 0.15) is 5.31 Å². The van der Waals surface area contributed by atoms with Crippen LogP contribution in [-0.2, 0) is 32.0 Å². The Bertz CT molecular complexity index is 521. The number of ketones is 1. The summed E-state index contributed by atoms with van der Waals surface area (Å²) in [5.74, 6) is -0.287. The monoisotopic (exact) mass is 368 g/mol. The zero-order valence-corrected chi connectivity index (χ0v) is 16.0. The summed E-state index contributed by atoms with van der Waals surface area (Å²) in [6.07, 6.45) is 0.495. The molecule has 0 aromatic heterocycles. The lowest BCUT2D eigenvalue weighted by Gasteiger charge is -2.21. The zero-order valence-electron chi connectivity index (χ0n) is 14.2. The molecule has 0 saturated carbocycles. The van der Waals surface area contributed by atoms with Gasteiger partial charge in [0.25, 0.3) is 0 Å². The van der Waals surface area contributed by atoms with Gasteiger partial charge in [0.05, 0.1) is 32.6 Å². The van der Waals surface area contributed by atoms with E-state index in [1.807, 2.05) is 0 Å². The molecule has 1 aliphatic carbocycles. The van der Waals surface area contributed by atoms with Crippen LogP contribution in [-0.4, -0.2) is 38.4 Å². The molecule has 23 heavy (non-hydrogen) atoms. The Kier molecular flexibility index (Phi) is 8.36. The Labute approximate surface area is 137 Å². The summed E-state index contributed by atoms with van der Waals surface area (Å²) in [7, 11) is -7.09. The quantitative estimate of drug-likeness (QED) is 0.507. The van der Waals surface area contributed by atoms with Crippen molar-refractivity contribution in [2.24, 2.45) is 0 Å². The van der Waals surface area contributed by atoms with Crippen LogP contribution in [0.15, 0.2) is 10.9 Å². The van der Waals surface area contributed by atoms with Gasteiger partial charge in [-0.1, -0.05) is 0 Å². The molecule has 0 bridgehead atoms. The Balaban J connectivity index is 3.22. The highest BCUT2D eigenvalue weighted by Crippen LogP contribution is 2.62. The van der Waals surface area contributed by atoms with Crippen molar-refractivity contribution >= 4 is 21.0 Å². The van der Waals surface area contributed by atoms with Gasteiger partial charge in [0, 0.05) is 6.42 Å². The van der Waals surface area contributed by atoms with E-state index in [9.17, 15) is 13.9 Å². The fraction of sp³-hybridized carbons (Fsp3) is 0.786. The third-order valence-corrected chi connectivity index (χ3v) is 7.54. The van der Waals surface area contributed by atoms with Crippen LogP contribution in [0.3, 0.4) is 0 Å². The van der Waals surface area contributed by atoms with E-state index < -0.39 is 15.2 Å². The molecule has 9 heteroatoms. The summed E-state index contributed by atoms with van der Waals surface area (Å²) in [5, 5.41) is 0.0285. The molecule has 7 nitrogen and oxygen atoms in total. The van der Waals surface area contributed by atoms with Crippen LogP contribution in [0.2, 0.25) is 0 Å². The third kappa shape index (κ3) is 5.35. The zero-order chi connectivity index (χ0) is 17.5. The van der Waals surface area contributed by atoms with E-state index in [-0.39, 0.29) is 50.1 Å². The maximum absolute atomic E-state index is 12.9. The van der Waals surface area contributed by atoms with Crippen molar-refractivity contribution in [3.05, 3.63) is 10.9 Å². The van der Waals surface area contributed by atoms with Crippen molar-refractivity contribution in [2.45, 2.75) is 40.5 Å². The van der Waals surface area contributed by atoms with Crippen molar-refractivity contribution in [1.82, 2.24) is 0 Å². The maximum Gasteiger partial charge on any atom is 0.364 e. The molecule has 0 radical (unpaired) electrons. The molecule has 1 rings (SSSR count). The predicted molar refractivity (Wildman–Crippen MR) is 87.9 cm³/mol. The highest BCUT2D eigenvalue weighted by molar-refractivity contribution is 7.60. The molecule has 0 aliphatic heterocycles. The summed E-state index contributed by atoms with van der Waals surface area (Å²) < 4.78 is 46.7. The second-order valence-electron chi connectivity index (χ2n) is 4.81. The summed E-state index contributed by atoms with van der Waals surface area (Å²) >= 11 is 0. The van der Waals surface area contributed by atoms with Crippen LogP contribution in [0, 0.1) is 0 Å². The third-order valence-electron chi connectivity index (χ3n) is 3.16. The van der Waals surface area contributed by atoms with Gasteiger partial charge in [-0.05, 0) is 39.7 Å². The van der Waals surface area contributed by atoms with Crippen molar-refractivity contribution in [2.75, 3.05) is 32.6 Å². The van der Waals surface area contributed by atoms with E-state index in [1.165, 1.54) is 0 Å². The van der Waals surface area contributed by atoms with E-state index in [1.54, 1.807) is 27.7 Å². The van der Waals surface area contributed by atoms with Crippen molar-refractivity contribution in [1.29, 1.82) is 0 Å². The normalized spacial score (nSPS) is 16.4. The summed E-state index contributed by atoms with van der Waals surface area (Å²) in [5.41, 5.74) is 0.491. The van der Waals surface area contributed by atoms with Gasteiger partial charge in [-0.15, -0.1) is 0 Å². The first-order valence-corrected chi connectivity index (χ1v) is 11.2. The lowest BCUT2D eigenvalue weighted by atomic mass is 10.3. The fourth-order valence-corrected chi connectivity index (χ4v) is 6.42. The molecule has 0 heterocycles. The molecule has 0 atom stereocenters. The van der Waals surface area contributed by atoms with E-state index in [0.29, 0.717) is 12.0 Å². The maximum atomic E-state index is 12.9. The number of rotatable bonds is 11. The molecular weight excluding hydrogens is 342 g/mol. The lowest BCUT2D eigenvalue weighted by molar-refractivity contribution is -0.114. The van der Waals surface area contributed by atoms with Crippen molar-refractivity contribution in [3.8, 4) is 0 Å². The van der Waals surface area contributed by atoms with Crippen LogP contribution in [0.4, 0.5) is 0 Å². The predicted octanol–water partition coefficient (Wildman–Crippen LogP) is 4.14. The molecule has 0 unspecified atom stereocenters. The van der Waals surface area contributed by atoms with Gasteiger partial charge in [-0.2, -0.15) is 0 Å². The van der Waals surface area contributed by atoms with Crippen LogP contribution in [0.25, 0.3) is 0 Å². The molecule has 1 aliphatic rings. The second kappa shape index (κ2) is 9.26. The molecule has 0 aromatic rings. The summed E-state index contributed by atoms with van der Waals surface area (Å²) in [4.78, 5) is 12.2. The fourth-order valence-electron chi connectivity index (χ4n) is 2.46. The smallest absolute Gasteiger partial charge is 0.309 e. The highest BCUT2D eigenvalue weighted by atomic mass is 31.2. The first-order valence-electron chi connectivity index (χ1n) is 7.88. The number of allylic oxidation sites excluding steroid dienone is 2. The van der Waals surface area contributed by atoms with Crippen LogP contribution < -0.4 is 0 Å². The van der Waals surface area contributed by atoms with Gasteiger partial charge >= 0.3 is 15.2 Å². The number of Topliss-reactive ketones (excluding diaryl/α,β-unsaturated/α-hetero) is 1. The highest BCUT2D eigenvalue weighted by Gasteiger charge is 2.42. The molecule has 0 spiro atoms. The Hall–Kier alpha value is -0.290. The number of carbonyl (C=O) groups is 1. The van der Waals surface area contributed by atoms with Crippen LogP contribution in [0.1, 0.15) is 40.5 Å². The molecule has 0 saturated heterocycles. The number of carbonyl (C=O) groups excluding carboxylic acids is 1. The first-order chi connectivity index (χ1) is 10.9. The minimum absolute atomic E-state index is 0.0285. The van der Waals surface area contributed by atoms with Gasteiger partial charge in [-0.25, -0.2) is 0 Å². The SMILES string of the molecule is CCOP(=O)(CC1=C(P(=O)(OCC)OCC)C(=O)CC1)OCC. The van der Waals surface area contributed by atoms with Gasteiger partial charge in [0.15, 0.2) is 5.78 Å². The van der Waals surface area contributed by atoms with Gasteiger partial charge in [0.2, 0.25) is 0 Å². The Morgan fingerprint density at radius 3 is 1.74 bits per heavy atom. The molecule has 0 N–H and O–H groups in total. The molecule has 134 valence electrons. The Morgan fingerprint density at radius 1 is 0.826 bits per heavy atom. The molecule has 0 fully saturated rings. The average Bonchev–Trinajstić information content (AvgIpc) is 2.81. The number of hydrogen-bond acceptors (Lipinski definition) is 7. The standard InChI is InChI=1S/C14H26O7P2/c1-5-18-22(16,19-6-2)11-12-9-10-13(15)14(12)23(17,20-7-3)21-8-4/h5-11H2,1-4H3. The van der Waals surface area contributed by atoms with E-state index >= 15 is 0 Å². The van der Waals surface area contributed by atoms with Gasteiger partial charge in [-0.3, -0.25) is 13.9 Å². The van der Waals surface area contributed by atoms with E-state index in [0.717, 1.165) is 0 Å². The largest absolute Gasteiger partial charge is 0.364 e. The van der Waals surface area contributed by atoms with Crippen LogP contribution in [0.5, 0.6) is 0 Å². The lowest BCUT2D eigenvalue weighted by Crippen LogP contribution is -2.07. The second-order valence-corrected chi connectivity index (χ2v) is 8.83. The van der Waals surface area contributed by atoms with E-state index in [4.69, 9.17) is 18.1 Å². The molecular formula is C14H26O7P2. The molecule has 0 aromatic carbocycles. The average molecular weight is 368 g/mol. The first kappa shape index (κ1) is 20.8. The topological polar surface area (TPSA) is 88.1 Å². The minimum atomic E-state index is -3.71. The molecule has 0 amide bonds. The minimum Gasteiger partial charge on any atom is -0.309 e. The van der Waals surface area contributed by atoms with E-state index in [2.05, 4.69) is 0 Å². The van der Waals surface area contributed by atoms with Gasteiger partial charge < -0.3 is 18.1 Å². The van der Waals surface area contributed by atoms with Crippen LogP contribution >= 0.6 is 15.2 Å². The van der Waals surface area contributed by atoms with Crippen molar-refractivity contribution in [3.63, 3.8) is 0 Å².